The fraction of sp³-hybridized carbons (Fsp3) is 0.190. The number of carbonyl (C=O) groups excluding carboxylic acids is 1. The number of benzene rings is 2. The first-order chi connectivity index (χ1) is 13.7. The quantitative estimate of drug-likeness (QED) is 0.316. The van der Waals surface area contributed by atoms with E-state index in [0.29, 0.717) is 18.0 Å². The summed E-state index contributed by atoms with van der Waals surface area (Å²) in [7, 11) is 0. The van der Waals surface area contributed by atoms with Crippen LogP contribution in [0.4, 0.5) is 0 Å². The molecular weight excluding hydrogens is 356 g/mol. The number of carbonyl (C=O) groups is 1. The van der Waals surface area contributed by atoms with Crippen molar-refractivity contribution in [3.63, 3.8) is 0 Å². The molecule has 144 valence electrons. The van der Waals surface area contributed by atoms with Gasteiger partial charge in [0, 0.05) is 5.56 Å². The Bertz CT molecular complexity index is 948. The van der Waals surface area contributed by atoms with Crippen molar-refractivity contribution >= 4 is 12.1 Å². The number of hydrogen-bond acceptors (Lipinski definition) is 5. The Labute approximate surface area is 163 Å². The zero-order valence-electron chi connectivity index (χ0n) is 15.6. The van der Waals surface area contributed by atoms with E-state index in [0.717, 1.165) is 29.7 Å². The molecule has 3 N–H and O–H groups in total. The minimum absolute atomic E-state index is 0.171. The van der Waals surface area contributed by atoms with Gasteiger partial charge in [0.2, 0.25) is 0 Å². The fourth-order valence-electron chi connectivity index (χ4n) is 2.49. The highest BCUT2D eigenvalue weighted by Crippen LogP contribution is 2.28. The van der Waals surface area contributed by atoms with Crippen LogP contribution in [-0.4, -0.2) is 34.0 Å². The van der Waals surface area contributed by atoms with Crippen molar-refractivity contribution in [2.24, 2.45) is 5.10 Å². The van der Waals surface area contributed by atoms with Crippen LogP contribution in [0.3, 0.4) is 0 Å². The Kier molecular flexibility index (Phi) is 6.41. The number of aromatic nitrogens is 2. The number of phenolic OH excluding ortho intramolecular Hbond substituents is 1. The van der Waals surface area contributed by atoms with Gasteiger partial charge in [-0.1, -0.05) is 25.5 Å². The first-order valence-corrected chi connectivity index (χ1v) is 9.07. The maximum atomic E-state index is 12.3. The molecule has 0 spiro atoms. The summed E-state index contributed by atoms with van der Waals surface area (Å²) < 4.78 is 5.83. The topological polar surface area (TPSA) is 99.6 Å². The van der Waals surface area contributed by atoms with Gasteiger partial charge in [-0.05, 0) is 54.4 Å². The molecule has 0 fully saturated rings. The number of phenols is 1. The van der Waals surface area contributed by atoms with Crippen molar-refractivity contribution < 1.29 is 14.6 Å². The van der Waals surface area contributed by atoms with Gasteiger partial charge in [0.15, 0.2) is 0 Å². The third-order valence-corrected chi connectivity index (χ3v) is 4.01. The molecule has 0 unspecified atom stereocenters. The molecule has 7 heteroatoms. The number of nitrogens with one attached hydrogen (secondary N) is 2. The molecule has 0 radical (unpaired) electrons. The summed E-state index contributed by atoms with van der Waals surface area (Å²) in [6, 6.07) is 15.7. The van der Waals surface area contributed by atoms with E-state index < -0.39 is 5.91 Å². The maximum absolute atomic E-state index is 12.3. The number of rotatable bonds is 8. The molecule has 0 aliphatic rings. The Morgan fingerprint density at radius 1 is 1.25 bits per heavy atom. The van der Waals surface area contributed by atoms with Gasteiger partial charge in [-0.3, -0.25) is 9.89 Å². The standard InChI is InChI=1S/C21H22N4O3/c1-2-3-12-28-20-7-5-4-6-17(20)18-13-19(24-23-18)21(27)25-22-14-15-8-10-16(26)11-9-15/h4-11,13-14,26H,2-3,12H2,1H3,(H,23,24)(H,25,27). The van der Waals surface area contributed by atoms with Crippen molar-refractivity contribution in [3.05, 3.63) is 65.9 Å². The molecule has 1 amide bonds. The number of aromatic hydroxyl groups is 1. The lowest BCUT2D eigenvalue weighted by atomic mass is 10.1. The van der Waals surface area contributed by atoms with Crippen LogP contribution >= 0.6 is 0 Å². The highest BCUT2D eigenvalue weighted by atomic mass is 16.5. The molecule has 1 aromatic heterocycles. The molecule has 7 nitrogen and oxygen atoms in total. The van der Waals surface area contributed by atoms with Gasteiger partial charge in [0.1, 0.15) is 17.2 Å². The van der Waals surface area contributed by atoms with Gasteiger partial charge < -0.3 is 9.84 Å². The van der Waals surface area contributed by atoms with Crippen LogP contribution in [0.25, 0.3) is 11.3 Å². The van der Waals surface area contributed by atoms with Gasteiger partial charge in [-0.15, -0.1) is 0 Å². The average molecular weight is 378 g/mol. The first kappa shape index (κ1) is 19.2. The van der Waals surface area contributed by atoms with Crippen molar-refractivity contribution in [2.45, 2.75) is 19.8 Å². The van der Waals surface area contributed by atoms with Crippen molar-refractivity contribution in [3.8, 4) is 22.8 Å². The normalized spacial score (nSPS) is 10.9. The molecule has 0 atom stereocenters. The highest BCUT2D eigenvalue weighted by Gasteiger charge is 2.13. The minimum atomic E-state index is -0.404. The van der Waals surface area contributed by atoms with Crippen molar-refractivity contribution in [1.29, 1.82) is 0 Å². The summed E-state index contributed by atoms with van der Waals surface area (Å²) in [5, 5.41) is 20.1. The molecular formula is C21H22N4O3. The SMILES string of the molecule is CCCCOc1ccccc1-c1cc(C(=O)NN=Cc2ccc(O)cc2)[nH]n1. The van der Waals surface area contributed by atoms with E-state index in [2.05, 4.69) is 27.6 Å². The summed E-state index contributed by atoms with van der Waals surface area (Å²) in [5.74, 6) is 0.503. The second-order valence-corrected chi connectivity index (χ2v) is 6.16. The highest BCUT2D eigenvalue weighted by molar-refractivity contribution is 5.94. The second-order valence-electron chi connectivity index (χ2n) is 6.16. The van der Waals surface area contributed by atoms with E-state index in [1.165, 1.54) is 6.21 Å². The van der Waals surface area contributed by atoms with Gasteiger partial charge in [-0.2, -0.15) is 10.2 Å². The summed E-state index contributed by atoms with van der Waals surface area (Å²) >= 11 is 0. The smallest absolute Gasteiger partial charge is 0.289 e. The Hall–Kier alpha value is -3.61. The van der Waals surface area contributed by atoms with Crippen LogP contribution in [-0.2, 0) is 0 Å². The predicted molar refractivity (Wildman–Crippen MR) is 108 cm³/mol. The minimum Gasteiger partial charge on any atom is -0.508 e. The Balaban J connectivity index is 1.66. The molecule has 3 aromatic rings. The number of H-pyrrole nitrogens is 1. The predicted octanol–water partition coefficient (Wildman–Crippen LogP) is 3.73. The molecule has 0 aliphatic heterocycles. The lowest BCUT2D eigenvalue weighted by Crippen LogP contribution is -2.17. The van der Waals surface area contributed by atoms with Gasteiger partial charge >= 0.3 is 0 Å². The molecule has 2 aromatic carbocycles. The molecule has 0 saturated heterocycles. The fourth-order valence-corrected chi connectivity index (χ4v) is 2.49. The summed E-state index contributed by atoms with van der Waals surface area (Å²) in [6.07, 6.45) is 3.52. The van der Waals surface area contributed by atoms with Crippen LogP contribution in [0, 0.1) is 0 Å². The summed E-state index contributed by atoms with van der Waals surface area (Å²) in [4.78, 5) is 12.3. The largest absolute Gasteiger partial charge is 0.508 e. The van der Waals surface area contributed by atoms with E-state index in [-0.39, 0.29) is 5.75 Å². The number of unbranched alkanes of at least 4 members (excludes halogenated alkanes) is 1. The molecule has 0 aliphatic carbocycles. The lowest BCUT2D eigenvalue weighted by molar-refractivity contribution is 0.0950. The number of amides is 1. The zero-order valence-corrected chi connectivity index (χ0v) is 15.6. The second kappa shape index (κ2) is 9.36. The zero-order chi connectivity index (χ0) is 19.8. The molecule has 28 heavy (non-hydrogen) atoms. The van der Waals surface area contributed by atoms with Crippen LogP contribution in [0.1, 0.15) is 35.8 Å². The first-order valence-electron chi connectivity index (χ1n) is 9.07. The van der Waals surface area contributed by atoms with Gasteiger partial charge in [0.05, 0.1) is 18.5 Å². The van der Waals surface area contributed by atoms with Crippen LogP contribution in [0.15, 0.2) is 59.7 Å². The number of para-hydroxylation sites is 1. The Morgan fingerprint density at radius 2 is 2.04 bits per heavy atom. The lowest BCUT2D eigenvalue weighted by Gasteiger charge is -2.09. The van der Waals surface area contributed by atoms with E-state index in [1.807, 2.05) is 24.3 Å². The third kappa shape index (κ3) is 4.97. The third-order valence-electron chi connectivity index (χ3n) is 4.01. The number of nitrogens with zero attached hydrogens (tertiary/aromatic N) is 2. The Morgan fingerprint density at radius 3 is 2.82 bits per heavy atom. The van der Waals surface area contributed by atoms with Crippen LogP contribution in [0.2, 0.25) is 0 Å². The van der Waals surface area contributed by atoms with Crippen LogP contribution < -0.4 is 10.2 Å². The summed E-state index contributed by atoms with van der Waals surface area (Å²) in [6.45, 7) is 2.75. The number of ether oxygens (including phenoxy) is 1. The van der Waals surface area contributed by atoms with Gasteiger partial charge in [0.25, 0.3) is 5.91 Å². The van der Waals surface area contributed by atoms with E-state index in [4.69, 9.17) is 4.74 Å². The van der Waals surface area contributed by atoms with E-state index >= 15 is 0 Å². The summed E-state index contributed by atoms with van der Waals surface area (Å²) in [5.41, 5.74) is 4.94. The van der Waals surface area contributed by atoms with Crippen LogP contribution in [0.5, 0.6) is 11.5 Å². The maximum Gasteiger partial charge on any atom is 0.289 e. The number of hydrogen-bond donors (Lipinski definition) is 3. The van der Waals surface area contributed by atoms with Crippen molar-refractivity contribution in [2.75, 3.05) is 6.61 Å². The molecule has 3 rings (SSSR count). The van der Waals surface area contributed by atoms with Crippen molar-refractivity contribution in [1.82, 2.24) is 15.6 Å². The average Bonchev–Trinajstić information content (AvgIpc) is 3.20. The molecule has 0 saturated carbocycles. The monoisotopic (exact) mass is 378 g/mol. The molecule has 1 heterocycles. The van der Waals surface area contributed by atoms with E-state index in [1.54, 1.807) is 30.3 Å². The molecule has 0 bridgehead atoms. The van der Waals surface area contributed by atoms with E-state index in [9.17, 15) is 9.90 Å². The van der Waals surface area contributed by atoms with Gasteiger partial charge in [-0.25, -0.2) is 5.43 Å². The number of aromatic amines is 1. The number of hydrazone groups is 1.